The van der Waals surface area contributed by atoms with Crippen LogP contribution in [0, 0.1) is 0 Å². The van der Waals surface area contributed by atoms with Gasteiger partial charge in [-0.15, -0.1) is 0 Å². The van der Waals surface area contributed by atoms with E-state index in [1.54, 1.807) is 6.26 Å². The zero-order chi connectivity index (χ0) is 36.6. The molecule has 0 aliphatic rings. The van der Waals surface area contributed by atoms with Crippen LogP contribution in [0.1, 0.15) is 162 Å². The highest BCUT2D eigenvalue weighted by Gasteiger charge is 2.25. The monoisotopic (exact) mass is 724 g/mol. The van der Waals surface area contributed by atoms with Crippen LogP contribution in [0.3, 0.4) is 0 Å². The molecule has 0 bridgehead atoms. The number of phosphoric acid groups is 1. The number of ether oxygens (including phenoxy) is 2. The lowest BCUT2D eigenvalue weighted by Crippen LogP contribution is -2.27. The third-order valence-corrected chi connectivity index (χ3v) is 8.97. The number of unbranched alkanes of at least 4 members (excludes halogenated alkanes) is 16. The Kier molecular flexibility index (Phi) is 36.8. The van der Waals surface area contributed by atoms with E-state index in [4.69, 9.17) is 24.3 Å². The molecule has 0 amide bonds. The van der Waals surface area contributed by atoms with Crippen molar-refractivity contribution in [3.63, 3.8) is 0 Å². The summed E-state index contributed by atoms with van der Waals surface area (Å²) in [6.07, 6.45) is 46.1. The number of allylic oxidation sites excluding steroid dienone is 9. The molecule has 0 radical (unpaired) electrons. The Morgan fingerprint density at radius 3 is 1.72 bits per heavy atom. The van der Waals surface area contributed by atoms with Gasteiger partial charge in [0.25, 0.3) is 0 Å². The Hall–Kier alpha value is -1.96. The van der Waals surface area contributed by atoms with E-state index in [0.29, 0.717) is 0 Å². The molecule has 0 aromatic rings. The van der Waals surface area contributed by atoms with E-state index < -0.39 is 13.9 Å². The number of hydrogen-bond donors (Lipinski definition) is 2. The molecule has 50 heavy (non-hydrogen) atoms. The van der Waals surface area contributed by atoms with Gasteiger partial charge in [-0.1, -0.05) is 127 Å². The summed E-state index contributed by atoms with van der Waals surface area (Å²) in [5.74, 6) is -0.375. The zero-order valence-electron chi connectivity index (χ0n) is 31.9. The summed E-state index contributed by atoms with van der Waals surface area (Å²) in [5.41, 5.74) is 5.35. The van der Waals surface area contributed by atoms with Crippen molar-refractivity contribution in [3.8, 4) is 0 Å². The Balaban J connectivity index is 4.19. The minimum atomic E-state index is -4.30. The number of carbonyl (C=O) groups is 1. The SMILES string of the molecule is CC/C=C\C/C=C\C/C=C\CCCCCCCC(=O)O[C@H](CO/C=C\CCCCCC/C=C\CCCCCCCC)COP(=O)(O)OCCN. The van der Waals surface area contributed by atoms with Crippen molar-refractivity contribution < 1.29 is 32.8 Å². The fourth-order valence-electron chi connectivity index (χ4n) is 5.09. The van der Waals surface area contributed by atoms with Crippen molar-refractivity contribution in [2.24, 2.45) is 5.73 Å². The molecular weight excluding hydrogens is 649 g/mol. The number of rotatable bonds is 37. The highest BCUT2D eigenvalue weighted by molar-refractivity contribution is 7.47. The molecule has 0 aromatic carbocycles. The Morgan fingerprint density at radius 1 is 0.640 bits per heavy atom. The van der Waals surface area contributed by atoms with Crippen molar-refractivity contribution in [2.45, 2.75) is 168 Å². The quantitative estimate of drug-likeness (QED) is 0.0214. The first-order valence-corrected chi connectivity index (χ1v) is 21.3. The van der Waals surface area contributed by atoms with Gasteiger partial charge in [0.15, 0.2) is 6.10 Å². The molecule has 2 atom stereocenters. The molecule has 0 spiro atoms. The molecule has 0 aromatic heterocycles. The van der Waals surface area contributed by atoms with Gasteiger partial charge in [0.2, 0.25) is 0 Å². The molecular formula is C41H74NO7P. The van der Waals surface area contributed by atoms with Crippen molar-refractivity contribution >= 4 is 13.8 Å². The summed E-state index contributed by atoms with van der Waals surface area (Å²) < 4.78 is 33.1. The van der Waals surface area contributed by atoms with Crippen LogP contribution in [0.25, 0.3) is 0 Å². The summed E-state index contributed by atoms with van der Waals surface area (Å²) >= 11 is 0. The van der Waals surface area contributed by atoms with E-state index in [9.17, 15) is 14.3 Å². The molecule has 290 valence electrons. The fourth-order valence-corrected chi connectivity index (χ4v) is 5.85. The third-order valence-electron chi connectivity index (χ3n) is 7.98. The Morgan fingerprint density at radius 2 is 1.14 bits per heavy atom. The van der Waals surface area contributed by atoms with Crippen LogP contribution in [0.15, 0.2) is 60.9 Å². The first-order valence-electron chi connectivity index (χ1n) is 19.8. The summed E-state index contributed by atoms with van der Waals surface area (Å²) in [4.78, 5) is 22.4. The average Bonchev–Trinajstić information content (AvgIpc) is 3.10. The number of carbonyl (C=O) groups excluding carboxylic acids is 1. The first kappa shape index (κ1) is 48.0. The van der Waals surface area contributed by atoms with E-state index >= 15 is 0 Å². The number of phosphoric ester groups is 1. The van der Waals surface area contributed by atoms with Crippen molar-refractivity contribution in [2.75, 3.05) is 26.4 Å². The minimum absolute atomic E-state index is 0.0173. The maximum Gasteiger partial charge on any atom is 0.472 e. The molecule has 0 aliphatic carbocycles. The number of hydrogen-bond acceptors (Lipinski definition) is 7. The topological polar surface area (TPSA) is 117 Å². The van der Waals surface area contributed by atoms with Gasteiger partial charge < -0.3 is 20.1 Å². The van der Waals surface area contributed by atoms with Gasteiger partial charge in [-0.05, 0) is 83.1 Å². The molecule has 9 heteroatoms. The van der Waals surface area contributed by atoms with Crippen LogP contribution in [0.5, 0.6) is 0 Å². The third kappa shape index (κ3) is 37.3. The lowest BCUT2D eigenvalue weighted by atomic mass is 10.1. The lowest BCUT2D eigenvalue weighted by Gasteiger charge is -2.19. The molecule has 8 nitrogen and oxygen atoms in total. The van der Waals surface area contributed by atoms with Gasteiger partial charge in [0.05, 0.1) is 19.5 Å². The largest absolute Gasteiger partial charge is 0.498 e. The first-order chi connectivity index (χ1) is 24.4. The fraction of sp³-hybridized carbons (Fsp3) is 0.732. The van der Waals surface area contributed by atoms with Crippen LogP contribution in [0.2, 0.25) is 0 Å². The van der Waals surface area contributed by atoms with Gasteiger partial charge in [0, 0.05) is 13.0 Å². The van der Waals surface area contributed by atoms with Gasteiger partial charge in [-0.25, -0.2) is 4.57 Å². The molecule has 0 saturated carbocycles. The molecule has 3 N–H and O–H groups in total. The maximum atomic E-state index is 12.5. The van der Waals surface area contributed by atoms with Crippen LogP contribution in [-0.4, -0.2) is 43.3 Å². The van der Waals surface area contributed by atoms with E-state index in [2.05, 4.69) is 62.5 Å². The number of nitrogens with two attached hydrogens (primary N) is 1. The summed E-state index contributed by atoms with van der Waals surface area (Å²) in [6, 6.07) is 0. The van der Waals surface area contributed by atoms with Crippen LogP contribution < -0.4 is 5.73 Å². The highest BCUT2D eigenvalue weighted by atomic mass is 31.2. The maximum absolute atomic E-state index is 12.5. The Labute approximate surface area is 306 Å². The van der Waals surface area contributed by atoms with Crippen LogP contribution in [-0.2, 0) is 27.9 Å². The summed E-state index contributed by atoms with van der Waals surface area (Å²) in [6.45, 7) is 4.07. The van der Waals surface area contributed by atoms with Crippen molar-refractivity contribution in [1.82, 2.24) is 0 Å². The predicted molar refractivity (Wildman–Crippen MR) is 210 cm³/mol. The smallest absolute Gasteiger partial charge is 0.472 e. The molecule has 0 rings (SSSR count). The molecule has 1 unspecified atom stereocenters. The minimum Gasteiger partial charge on any atom is -0.498 e. The standard InChI is InChI=1S/C41H74NO7P/c1-3-5-7-9-11-13-15-17-19-21-23-25-27-29-31-33-36-46-38-40(39-48-50(44,45)47-37-35-42)49-41(43)34-32-30-28-26-24-22-20-18-16-14-12-10-8-6-4-2/h6,8,12,14,17-20,33,36,40H,3-5,7,9-11,13,15-16,21-32,34-35,37-39,42H2,1-2H3,(H,44,45)/b8-6-,14-12-,19-17-,20-18-,36-33-/t40-/m1/s1. The van der Waals surface area contributed by atoms with E-state index in [1.165, 1.54) is 64.2 Å². The molecule has 0 aliphatic heterocycles. The predicted octanol–water partition coefficient (Wildman–Crippen LogP) is 11.8. The molecule has 0 fully saturated rings. The summed E-state index contributed by atoms with van der Waals surface area (Å²) in [5, 5.41) is 0. The van der Waals surface area contributed by atoms with Gasteiger partial charge in [-0.3, -0.25) is 13.8 Å². The number of esters is 1. The van der Waals surface area contributed by atoms with E-state index in [-0.39, 0.29) is 38.8 Å². The lowest BCUT2D eigenvalue weighted by molar-refractivity contribution is -0.153. The van der Waals surface area contributed by atoms with Gasteiger partial charge >= 0.3 is 13.8 Å². The Bertz CT molecular complexity index is 947. The average molecular weight is 724 g/mol. The van der Waals surface area contributed by atoms with Crippen molar-refractivity contribution in [3.05, 3.63) is 60.9 Å². The second-order valence-electron chi connectivity index (χ2n) is 12.8. The van der Waals surface area contributed by atoms with E-state index in [0.717, 1.165) is 77.0 Å². The molecule has 0 heterocycles. The zero-order valence-corrected chi connectivity index (χ0v) is 32.8. The van der Waals surface area contributed by atoms with Gasteiger partial charge in [-0.2, -0.15) is 0 Å². The molecule has 0 saturated heterocycles. The van der Waals surface area contributed by atoms with Gasteiger partial charge in [0.1, 0.15) is 6.61 Å². The second-order valence-corrected chi connectivity index (χ2v) is 14.3. The van der Waals surface area contributed by atoms with Crippen molar-refractivity contribution in [1.29, 1.82) is 0 Å². The normalized spacial score (nSPS) is 14.2. The van der Waals surface area contributed by atoms with E-state index in [1.807, 2.05) is 6.08 Å². The highest BCUT2D eigenvalue weighted by Crippen LogP contribution is 2.43. The second kappa shape index (κ2) is 38.3. The summed E-state index contributed by atoms with van der Waals surface area (Å²) in [7, 11) is -4.30. The van der Waals surface area contributed by atoms with Crippen LogP contribution >= 0.6 is 7.82 Å². The van der Waals surface area contributed by atoms with Crippen LogP contribution in [0.4, 0.5) is 0 Å².